The van der Waals surface area contributed by atoms with Crippen molar-refractivity contribution >= 4 is 5.57 Å². The van der Waals surface area contributed by atoms with Gasteiger partial charge in [-0.1, -0.05) is 69.2 Å². The first kappa shape index (κ1) is 13.1. The van der Waals surface area contributed by atoms with Crippen LogP contribution in [0.3, 0.4) is 0 Å². The van der Waals surface area contributed by atoms with Gasteiger partial charge in [-0.25, -0.2) is 0 Å². The van der Waals surface area contributed by atoms with Crippen molar-refractivity contribution in [3.05, 3.63) is 53.1 Å². The highest BCUT2D eigenvalue weighted by atomic mass is 14.2. The molecule has 2 rings (SSSR count). The third-order valence-corrected chi connectivity index (χ3v) is 3.97. The third kappa shape index (κ3) is 2.93. The van der Waals surface area contributed by atoms with Crippen LogP contribution in [0, 0.1) is 5.92 Å². The maximum absolute atomic E-state index is 2.39. The topological polar surface area (TPSA) is 0 Å². The average molecular weight is 240 g/mol. The number of rotatable bonds is 5. The molecule has 1 aliphatic carbocycles. The minimum atomic E-state index is 0.720. The summed E-state index contributed by atoms with van der Waals surface area (Å²) in [6.45, 7) is 6.82. The summed E-state index contributed by atoms with van der Waals surface area (Å²) in [5, 5.41) is 0. The molecule has 1 aromatic rings. The van der Waals surface area contributed by atoms with E-state index in [2.05, 4.69) is 57.2 Å². The van der Waals surface area contributed by atoms with Crippen molar-refractivity contribution in [3.63, 3.8) is 0 Å². The van der Waals surface area contributed by atoms with Gasteiger partial charge < -0.3 is 0 Å². The number of aryl methyl sites for hydroxylation is 1. The van der Waals surface area contributed by atoms with Crippen LogP contribution in [-0.4, -0.2) is 0 Å². The summed E-state index contributed by atoms with van der Waals surface area (Å²) in [5.41, 5.74) is 5.82. The lowest BCUT2D eigenvalue weighted by molar-refractivity contribution is 0.646. The van der Waals surface area contributed by atoms with E-state index in [1.54, 1.807) is 5.57 Å². The Morgan fingerprint density at radius 1 is 1.11 bits per heavy atom. The molecule has 0 radical (unpaired) electrons. The average Bonchev–Trinajstić information content (AvgIpc) is 2.89. The molecule has 0 nitrogen and oxygen atoms in total. The highest BCUT2D eigenvalue weighted by molar-refractivity contribution is 5.77. The molecular weight excluding hydrogens is 216 g/mol. The van der Waals surface area contributed by atoms with Gasteiger partial charge in [0.2, 0.25) is 0 Å². The van der Waals surface area contributed by atoms with E-state index in [9.17, 15) is 0 Å². The summed E-state index contributed by atoms with van der Waals surface area (Å²) in [6.07, 6.45) is 9.55. The number of allylic oxidation sites excluding steroid dienone is 4. The van der Waals surface area contributed by atoms with Crippen LogP contribution in [0.2, 0.25) is 0 Å². The molecule has 0 saturated carbocycles. The monoisotopic (exact) mass is 240 g/mol. The highest BCUT2D eigenvalue weighted by Gasteiger charge is 2.12. The lowest BCUT2D eigenvalue weighted by Crippen LogP contribution is -1.94. The Balaban J connectivity index is 2.11. The first-order valence-corrected chi connectivity index (χ1v) is 7.24. The van der Waals surface area contributed by atoms with Crippen molar-refractivity contribution in [2.45, 2.75) is 46.5 Å². The van der Waals surface area contributed by atoms with Crippen molar-refractivity contribution in [1.82, 2.24) is 0 Å². The van der Waals surface area contributed by atoms with Gasteiger partial charge >= 0.3 is 0 Å². The largest absolute Gasteiger partial charge is 0.0726 e. The van der Waals surface area contributed by atoms with Gasteiger partial charge in [0.05, 0.1) is 0 Å². The van der Waals surface area contributed by atoms with Crippen LogP contribution in [0.4, 0.5) is 0 Å². The molecule has 0 heteroatoms. The summed E-state index contributed by atoms with van der Waals surface area (Å²) < 4.78 is 0. The minimum absolute atomic E-state index is 0.720. The molecule has 0 bridgehead atoms. The normalized spacial score (nSPS) is 16.4. The molecule has 0 N–H and O–H groups in total. The standard InChI is InChI=1S/C18H24/c1-4-6-15-7-9-16(10-8-15)18-12-11-17(13-18)14(3)5-2/h7-10,12-14H,4-6,11H2,1-3H3. The van der Waals surface area contributed by atoms with Gasteiger partial charge in [-0.3, -0.25) is 0 Å². The van der Waals surface area contributed by atoms with Gasteiger partial charge in [0.25, 0.3) is 0 Å². The Labute approximate surface area is 111 Å². The highest BCUT2D eigenvalue weighted by Crippen LogP contribution is 2.31. The van der Waals surface area contributed by atoms with Gasteiger partial charge in [0.1, 0.15) is 0 Å². The lowest BCUT2D eigenvalue weighted by atomic mass is 9.97. The Bertz CT molecular complexity index is 445. The van der Waals surface area contributed by atoms with E-state index in [1.165, 1.54) is 36.0 Å². The summed E-state index contributed by atoms with van der Waals surface area (Å²) in [5.74, 6) is 0.720. The molecular formula is C18H24. The van der Waals surface area contributed by atoms with Crippen molar-refractivity contribution < 1.29 is 0 Å². The summed E-state index contributed by atoms with van der Waals surface area (Å²) >= 11 is 0. The smallest absolute Gasteiger partial charge is 0.0124 e. The maximum atomic E-state index is 2.39. The number of hydrogen-bond acceptors (Lipinski definition) is 0. The van der Waals surface area contributed by atoms with E-state index < -0.39 is 0 Å². The zero-order valence-corrected chi connectivity index (χ0v) is 11.9. The Hall–Kier alpha value is -1.30. The van der Waals surface area contributed by atoms with E-state index in [-0.39, 0.29) is 0 Å². The second-order valence-electron chi connectivity index (χ2n) is 5.34. The van der Waals surface area contributed by atoms with Gasteiger partial charge in [-0.05, 0) is 41.9 Å². The van der Waals surface area contributed by atoms with Crippen molar-refractivity contribution in [1.29, 1.82) is 0 Å². The van der Waals surface area contributed by atoms with Gasteiger partial charge in [0, 0.05) is 0 Å². The van der Waals surface area contributed by atoms with Gasteiger partial charge in [-0.2, -0.15) is 0 Å². The number of hydrogen-bond donors (Lipinski definition) is 0. The van der Waals surface area contributed by atoms with Crippen LogP contribution in [0.15, 0.2) is 42.0 Å². The fourth-order valence-electron chi connectivity index (χ4n) is 2.50. The van der Waals surface area contributed by atoms with E-state index in [0.717, 1.165) is 12.3 Å². The van der Waals surface area contributed by atoms with Gasteiger partial charge in [0.15, 0.2) is 0 Å². The molecule has 0 amide bonds. The fraction of sp³-hybridized carbons (Fsp3) is 0.444. The Kier molecular flexibility index (Phi) is 4.41. The van der Waals surface area contributed by atoms with Gasteiger partial charge in [-0.15, -0.1) is 0 Å². The maximum Gasteiger partial charge on any atom is -0.0124 e. The molecule has 1 aromatic carbocycles. The molecule has 1 unspecified atom stereocenters. The minimum Gasteiger partial charge on any atom is -0.0726 e. The lowest BCUT2D eigenvalue weighted by Gasteiger charge is -2.08. The molecule has 0 saturated heterocycles. The second-order valence-corrected chi connectivity index (χ2v) is 5.34. The molecule has 0 aliphatic heterocycles. The van der Waals surface area contributed by atoms with E-state index >= 15 is 0 Å². The summed E-state index contributed by atoms with van der Waals surface area (Å²) in [6, 6.07) is 9.09. The van der Waals surface area contributed by atoms with Crippen LogP contribution < -0.4 is 0 Å². The fourth-order valence-corrected chi connectivity index (χ4v) is 2.50. The number of benzene rings is 1. The Morgan fingerprint density at radius 2 is 1.83 bits per heavy atom. The van der Waals surface area contributed by atoms with Crippen LogP contribution in [-0.2, 0) is 6.42 Å². The van der Waals surface area contributed by atoms with Crippen LogP contribution in [0.25, 0.3) is 5.57 Å². The van der Waals surface area contributed by atoms with Crippen molar-refractivity contribution in [2.24, 2.45) is 5.92 Å². The molecule has 0 heterocycles. The molecule has 1 atom stereocenters. The SMILES string of the molecule is CCCc1ccc(C2=CCC(C(C)CC)=C2)cc1. The van der Waals surface area contributed by atoms with Crippen LogP contribution in [0.1, 0.15) is 51.2 Å². The summed E-state index contributed by atoms with van der Waals surface area (Å²) in [4.78, 5) is 0. The van der Waals surface area contributed by atoms with Crippen molar-refractivity contribution in [2.75, 3.05) is 0 Å². The van der Waals surface area contributed by atoms with Crippen LogP contribution in [0.5, 0.6) is 0 Å². The molecule has 1 aliphatic rings. The first-order valence-electron chi connectivity index (χ1n) is 7.24. The second kappa shape index (κ2) is 6.04. The third-order valence-electron chi connectivity index (χ3n) is 3.97. The van der Waals surface area contributed by atoms with Crippen molar-refractivity contribution in [3.8, 4) is 0 Å². The Morgan fingerprint density at radius 3 is 2.44 bits per heavy atom. The van der Waals surface area contributed by atoms with Crippen LogP contribution >= 0.6 is 0 Å². The zero-order valence-electron chi connectivity index (χ0n) is 11.9. The molecule has 0 aromatic heterocycles. The molecule has 0 spiro atoms. The predicted molar refractivity (Wildman–Crippen MR) is 80.6 cm³/mol. The predicted octanol–water partition coefficient (Wildman–Crippen LogP) is 5.40. The van der Waals surface area contributed by atoms with E-state index in [4.69, 9.17) is 0 Å². The molecule has 0 fully saturated rings. The molecule has 18 heavy (non-hydrogen) atoms. The first-order chi connectivity index (χ1) is 8.74. The summed E-state index contributed by atoms with van der Waals surface area (Å²) in [7, 11) is 0. The zero-order chi connectivity index (χ0) is 13.0. The molecule has 96 valence electrons. The quantitative estimate of drug-likeness (QED) is 0.646. The van der Waals surface area contributed by atoms with E-state index in [0.29, 0.717) is 0 Å². The van der Waals surface area contributed by atoms with E-state index in [1.807, 2.05) is 0 Å².